The number of amidine groups is 1. The highest BCUT2D eigenvalue weighted by Gasteiger charge is 2.38. The molecular weight excluding hydrogens is 178 g/mol. The Morgan fingerprint density at radius 2 is 2.21 bits per heavy atom. The maximum Gasteiger partial charge on any atom is 0.113 e. The second kappa shape index (κ2) is 4.75. The van der Waals surface area contributed by atoms with E-state index in [9.17, 15) is 0 Å². The average molecular weight is 199 g/mol. The number of ether oxygens (including phenoxy) is 1. The highest BCUT2D eigenvalue weighted by molar-refractivity contribution is 5.82. The maximum atomic E-state index is 5.51. The molecule has 0 atom stereocenters. The van der Waals surface area contributed by atoms with Crippen molar-refractivity contribution in [2.75, 3.05) is 7.11 Å². The van der Waals surface area contributed by atoms with E-state index < -0.39 is 0 Å². The number of nitrogens with two attached hydrogens (primary N) is 1. The number of nitrogens with zero attached hydrogens (tertiary/aromatic N) is 1. The fourth-order valence-corrected chi connectivity index (χ4v) is 1.77. The van der Waals surface area contributed by atoms with Crippen LogP contribution in [0, 0.1) is 0 Å². The molecule has 1 saturated carbocycles. The minimum Gasteiger partial charge on any atom is -0.378 e. The third kappa shape index (κ3) is 2.69. The summed E-state index contributed by atoms with van der Waals surface area (Å²) < 4.78 is 5.51. The van der Waals surface area contributed by atoms with Gasteiger partial charge in [-0.3, -0.25) is 4.99 Å². The lowest BCUT2D eigenvalue weighted by molar-refractivity contribution is -0.0658. The lowest BCUT2D eigenvalue weighted by atomic mass is 9.77. The van der Waals surface area contributed by atoms with Gasteiger partial charge in [0, 0.05) is 19.6 Å². The molecule has 0 aromatic rings. The second-order valence-electron chi connectivity index (χ2n) is 4.23. The molecule has 0 saturated heterocycles. The maximum absolute atomic E-state index is 5.51. The highest BCUT2D eigenvalue weighted by atomic mass is 16.5. The molecule has 0 aromatic heterocycles. The molecule has 1 fully saturated rings. The Morgan fingerprint density at radius 3 is 2.50 bits per heavy atom. The van der Waals surface area contributed by atoms with Crippen LogP contribution in [0.25, 0.3) is 0 Å². The largest absolute Gasteiger partial charge is 0.378 e. The molecule has 82 valence electrons. The number of nitrogens with one attached hydrogen (secondary N) is 1. The molecule has 1 aliphatic rings. The third-order valence-corrected chi connectivity index (χ3v) is 2.77. The lowest BCUT2D eigenvalue weighted by Gasteiger charge is -2.40. The zero-order valence-corrected chi connectivity index (χ0v) is 9.34. The Hall–Kier alpha value is -0.610. The summed E-state index contributed by atoms with van der Waals surface area (Å²) >= 11 is 0. The predicted molar refractivity (Wildman–Crippen MR) is 58.1 cm³/mol. The van der Waals surface area contributed by atoms with Crippen LogP contribution in [0.15, 0.2) is 4.99 Å². The van der Waals surface area contributed by atoms with E-state index in [0.29, 0.717) is 0 Å². The van der Waals surface area contributed by atoms with Crippen LogP contribution in [-0.2, 0) is 4.74 Å². The first-order valence-electron chi connectivity index (χ1n) is 5.20. The van der Waals surface area contributed by atoms with E-state index in [1.165, 1.54) is 6.42 Å². The van der Waals surface area contributed by atoms with Crippen LogP contribution in [0.3, 0.4) is 0 Å². The molecule has 4 heteroatoms. The molecule has 0 amide bonds. The van der Waals surface area contributed by atoms with E-state index in [1.807, 2.05) is 13.8 Å². The van der Waals surface area contributed by atoms with E-state index in [-0.39, 0.29) is 11.6 Å². The molecular formula is C10H21N3O. The molecule has 0 spiro atoms. The first kappa shape index (κ1) is 11.5. The van der Waals surface area contributed by atoms with Crippen molar-refractivity contribution >= 4 is 5.84 Å². The van der Waals surface area contributed by atoms with Crippen LogP contribution in [0.5, 0.6) is 0 Å². The number of methoxy groups -OCH3 is 1. The van der Waals surface area contributed by atoms with E-state index in [1.54, 1.807) is 7.11 Å². The quantitative estimate of drug-likeness (QED) is 0.310. The van der Waals surface area contributed by atoms with Gasteiger partial charge in [0.05, 0.1) is 5.60 Å². The highest BCUT2D eigenvalue weighted by Crippen LogP contribution is 2.37. The molecule has 0 heterocycles. The van der Waals surface area contributed by atoms with Crippen LogP contribution in [0.2, 0.25) is 0 Å². The van der Waals surface area contributed by atoms with Crippen LogP contribution < -0.4 is 11.3 Å². The van der Waals surface area contributed by atoms with Crippen molar-refractivity contribution < 1.29 is 4.74 Å². The Labute approximate surface area is 85.9 Å². The molecule has 4 nitrogen and oxygen atoms in total. The van der Waals surface area contributed by atoms with Gasteiger partial charge in [0.2, 0.25) is 0 Å². The zero-order valence-electron chi connectivity index (χ0n) is 9.34. The summed E-state index contributed by atoms with van der Waals surface area (Å²) in [5.74, 6) is 6.27. The van der Waals surface area contributed by atoms with Gasteiger partial charge < -0.3 is 10.2 Å². The Bertz CT molecular complexity index is 204. The van der Waals surface area contributed by atoms with Crippen molar-refractivity contribution in [2.45, 2.75) is 51.2 Å². The predicted octanol–water partition coefficient (Wildman–Crippen LogP) is 1.22. The van der Waals surface area contributed by atoms with Crippen LogP contribution in [0.4, 0.5) is 0 Å². The van der Waals surface area contributed by atoms with E-state index in [0.717, 1.165) is 25.1 Å². The number of hydrogen-bond donors (Lipinski definition) is 2. The molecule has 0 aromatic carbocycles. The van der Waals surface area contributed by atoms with E-state index in [4.69, 9.17) is 10.6 Å². The van der Waals surface area contributed by atoms with Gasteiger partial charge in [-0.25, -0.2) is 5.84 Å². The standard InChI is InChI=1S/C10H21N3O/c1-8(2)12-9(13-11)7-10(14-3)5-4-6-10/h8H,4-7,11H2,1-3H3,(H,12,13). The topological polar surface area (TPSA) is 59.6 Å². The van der Waals surface area contributed by atoms with Crippen molar-refractivity contribution in [1.29, 1.82) is 0 Å². The summed E-state index contributed by atoms with van der Waals surface area (Å²) in [7, 11) is 1.77. The van der Waals surface area contributed by atoms with E-state index in [2.05, 4.69) is 10.4 Å². The first-order valence-corrected chi connectivity index (χ1v) is 5.20. The van der Waals surface area contributed by atoms with Crippen LogP contribution in [0.1, 0.15) is 39.5 Å². The molecule has 1 rings (SSSR count). The molecule has 14 heavy (non-hydrogen) atoms. The second-order valence-corrected chi connectivity index (χ2v) is 4.23. The van der Waals surface area contributed by atoms with Gasteiger partial charge in [-0.2, -0.15) is 0 Å². The van der Waals surface area contributed by atoms with Crippen molar-refractivity contribution in [1.82, 2.24) is 5.43 Å². The lowest BCUT2D eigenvalue weighted by Crippen LogP contribution is -2.45. The summed E-state index contributed by atoms with van der Waals surface area (Å²) in [5, 5.41) is 0. The number of rotatable bonds is 4. The SMILES string of the molecule is COC1(CC(=NC(C)C)NN)CCC1. The van der Waals surface area contributed by atoms with Crippen LogP contribution >= 0.6 is 0 Å². The Kier molecular flexibility index (Phi) is 3.89. The number of hydrogen-bond acceptors (Lipinski definition) is 3. The normalized spacial score (nSPS) is 20.8. The third-order valence-electron chi connectivity index (χ3n) is 2.77. The molecule has 0 unspecified atom stereocenters. The summed E-state index contributed by atoms with van der Waals surface area (Å²) in [6.07, 6.45) is 4.27. The number of hydrazine groups is 1. The van der Waals surface area contributed by atoms with Gasteiger partial charge in [0.1, 0.15) is 5.84 Å². The van der Waals surface area contributed by atoms with Gasteiger partial charge in [0.15, 0.2) is 0 Å². The van der Waals surface area contributed by atoms with Crippen molar-refractivity contribution in [3.8, 4) is 0 Å². The zero-order chi connectivity index (χ0) is 10.6. The minimum atomic E-state index is 0.0000926. The van der Waals surface area contributed by atoms with Gasteiger partial charge in [-0.1, -0.05) is 0 Å². The average Bonchev–Trinajstić information content (AvgIpc) is 2.08. The number of aliphatic imine (C=N–C) groups is 1. The monoisotopic (exact) mass is 199 g/mol. The fourth-order valence-electron chi connectivity index (χ4n) is 1.77. The van der Waals surface area contributed by atoms with Crippen LogP contribution in [-0.4, -0.2) is 24.6 Å². The van der Waals surface area contributed by atoms with Crippen molar-refractivity contribution in [2.24, 2.45) is 10.8 Å². The summed E-state index contributed by atoms with van der Waals surface area (Å²) in [5.41, 5.74) is 2.66. The molecule has 1 aliphatic carbocycles. The summed E-state index contributed by atoms with van der Waals surface area (Å²) in [6, 6.07) is 0.273. The summed E-state index contributed by atoms with van der Waals surface area (Å²) in [6.45, 7) is 4.08. The minimum absolute atomic E-state index is 0.0000926. The van der Waals surface area contributed by atoms with Gasteiger partial charge >= 0.3 is 0 Å². The Morgan fingerprint density at radius 1 is 1.57 bits per heavy atom. The first-order chi connectivity index (χ1) is 6.62. The fraction of sp³-hybridized carbons (Fsp3) is 0.900. The van der Waals surface area contributed by atoms with Gasteiger partial charge in [-0.15, -0.1) is 0 Å². The van der Waals surface area contributed by atoms with Crippen molar-refractivity contribution in [3.63, 3.8) is 0 Å². The van der Waals surface area contributed by atoms with Gasteiger partial charge in [-0.05, 0) is 33.1 Å². The smallest absolute Gasteiger partial charge is 0.113 e. The Balaban J connectivity index is 2.55. The molecule has 3 N–H and O–H groups in total. The van der Waals surface area contributed by atoms with Gasteiger partial charge in [0.25, 0.3) is 0 Å². The summed E-state index contributed by atoms with van der Waals surface area (Å²) in [4.78, 5) is 4.41. The molecule has 0 radical (unpaired) electrons. The van der Waals surface area contributed by atoms with E-state index >= 15 is 0 Å². The van der Waals surface area contributed by atoms with Crippen molar-refractivity contribution in [3.05, 3.63) is 0 Å². The molecule has 0 bridgehead atoms. The molecule has 0 aliphatic heterocycles.